The van der Waals surface area contributed by atoms with E-state index in [1.807, 2.05) is 0 Å². The van der Waals surface area contributed by atoms with Gasteiger partial charge in [0.2, 0.25) is 11.7 Å². The molecule has 0 aliphatic carbocycles. The first kappa shape index (κ1) is 23.7. The second kappa shape index (κ2) is 8.71. The van der Waals surface area contributed by atoms with Gasteiger partial charge in [0.1, 0.15) is 34.5 Å². The van der Waals surface area contributed by atoms with Crippen LogP contribution < -0.4 is 10.5 Å². The minimum absolute atomic E-state index is 0.00831. The largest absolute Gasteiger partial charge is 0.506 e. The highest BCUT2D eigenvalue weighted by molar-refractivity contribution is 5.91. The first-order valence-corrected chi connectivity index (χ1v) is 10.2. The maximum absolute atomic E-state index is 14.5. The molecule has 0 unspecified atom stereocenters. The summed E-state index contributed by atoms with van der Waals surface area (Å²) in [5, 5.41) is 19.1. The summed E-state index contributed by atoms with van der Waals surface area (Å²) in [6.07, 6.45) is -4.00. The van der Waals surface area contributed by atoms with Crippen molar-refractivity contribution in [1.82, 2.24) is 19.4 Å². The molecule has 2 aromatic heterocycles. The number of benzene rings is 1. The number of carbonyl (C=O) groups excluding carboxylic acids is 1. The Kier molecular flexibility index (Phi) is 5.89. The van der Waals surface area contributed by atoms with Crippen LogP contribution in [-0.4, -0.2) is 56.6 Å². The maximum atomic E-state index is 14.5. The normalized spacial score (nSPS) is 14.1. The summed E-state index contributed by atoms with van der Waals surface area (Å²) in [5.74, 6) is -3.07. The number of phenolic OH excluding ortho intramolecular Hbond substituents is 1. The molecule has 0 atom stereocenters. The number of pyridine rings is 1. The number of anilines is 1. The van der Waals surface area contributed by atoms with E-state index in [1.165, 1.54) is 9.80 Å². The number of para-hydroxylation sites is 1. The van der Waals surface area contributed by atoms with Gasteiger partial charge in [-0.05, 0) is 24.3 Å². The molecule has 1 saturated heterocycles. The quantitative estimate of drug-likeness (QED) is 0.445. The van der Waals surface area contributed by atoms with E-state index in [4.69, 9.17) is 0 Å². The van der Waals surface area contributed by atoms with Crippen LogP contribution in [0.1, 0.15) is 11.5 Å². The van der Waals surface area contributed by atoms with Crippen molar-refractivity contribution in [1.29, 1.82) is 5.26 Å². The molecule has 35 heavy (non-hydrogen) atoms. The molecule has 0 bridgehead atoms. The van der Waals surface area contributed by atoms with E-state index in [1.54, 1.807) is 6.07 Å². The average Bonchev–Trinajstić information content (AvgIpc) is 2.83. The topological polar surface area (TPSA) is 115 Å². The molecule has 0 saturated carbocycles. The SMILES string of the molecule is C=CC(=O)N1CCN(c2nc(C#N)nc3c(=O)n(-c4c(O)cccc4F)c(C(F)(F)F)cc23)CC1. The molecule has 1 aliphatic heterocycles. The summed E-state index contributed by atoms with van der Waals surface area (Å²) in [5.41, 5.74) is -4.52. The average molecular weight is 488 g/mol. The second-order valence-corrected chi connectivity index (χ2v) is 7.54. The Labute approximate surface area is 194 Å². The number of piperazine rings is 1. The van der Waals surface area contributed by atoms with E-state index < -0.39 is 46.0 Å². The van der Waals surface area contributed by atoms with Gasteiger partial charge >= 0.3 is 6.18 Å². The zero-order chi connectivity index (χ0) is 25.5. The molecule has 3 heterocycles. The van der Waals surface area contributed by atoms with Crippen LogP contribution in [0, 0.1) is 17.1 Å². The number of amides is 1. The highest BCUT2D eigenvalue weighted by Crippen LogP contribution is 2.36. The van der Waals surface area contributed by atoms with Crippen molar-refractivity contribution in [3.63, 3.8) is 0 Å². The van der Waals surface area contributed by atoms with Crippen molar-refractivity contribution in [2.24, 2.45) is 0 Å². The van der Waals surface area contributed by atoms with Crippen LogP contribution in [0.4, 0.5) is 23.4 Å². The number of halogens is 4. The van der Waals surface area contributed by atoms with Crippen molar-refractivity contribution in [2.75, 3.05) is 31.1 Å². The summed E-state index contributed by atoms with van der Waals surface area (Å²) in [4.78, 5) is 36.0. The van der Waals surface area contributed by atoms with E-state index in [0.717, 1.165) is 24.3 Å². The highest BCUT2D eigenvalue weighted by Gasteiger charge is 2.38. The van der Waals surface area contributed by atoms with Crippen molar-refractivity contribution in [2.45, 2.75) is 6.18 Å². The third-order valence-corrected chi connectivity index (χ3v) is 5.50. The lowest BCUT2D eigenvalue weighted by atomic mass is 10.1. The first-order chi connectivity index (χ1) is 16.6. The molecule has 1 aliphatic rings. The van der Waals surface area contributed by atoms with Gasteiger partial charge in [-0.3, -0.25) is 14.2 Å². The van der Waals surface area contributed by atoms with Gasteiger partial charge in [0.15, 0.2) is 5.82 Å². The van der Waals surface area contributed by atoms with E-state index in [-0.39, 0.29) is 47.9 Å². The molecule has 1 fully saturated rings. The van der Waals surface area contributed by atoms with Crippen molar-refractivity contribution < 1.29 is 27.5 Å². The fourth-order valence-corrected chi connectivity index (χ4v) is 3.88. The molecule has 4 rings (SSSR count). The van der Waals surface area contributed by atoms with Gasteiger partial charge in [-0.2, -0.15) is 18.4 Å². The smallest absolute Gasteiger partial charge is 0.431 e. The van der Waals surface area contributed by atoms with Crippen LogP contribution in [0.15, 0.2) is 41.7 Å². The van der Waals surface area contributed by atoms with Crippen LogP contribution >= 0.6 is 0 Å². The molecule has 1 aromatic carbocycles. The number of hydrogen-bond acceptors (Lipinski definition) is 7. The Morgan fingerprint density at radius 3 is 2.46 bits per heavy atom. The number of nitriles is 1. The Balaban J connectivity index is 1.99. The van der Waals surface area contributed by atoms with Gasteiger partial charge in [0, 0.05) is 26.2 Å². The Morgan fingerprint density at radius 1 is 1.20 bits per heavy atom. The first-order valence-electron chi connectivity index (χ1n) is 10.2. The van der Waals surface area contributed by atoms with E-state index in [0.29, 0.717) is 6.07 Å². The monoisotopic (exact) mass is 488 g/mol. The number of fused-ring (bicyclic) bond motifs is 1. The van der Waals surface area contributed by atoms with Gasteiger partial charge in [0.05, 0.1) is 5.39 Å². The Bertz CT molecular complexity index is 1430. The van der Waals surface area contributed by atoms with Gasteiger partial charge in [0.25, 0.3) is 5.56 Å². The minimum atomic E-state index is -5.14. The molecule has 1 amide bonds. The fourth-order valence-electron chi connectivity index (χ4n) is 3.88. The van der Waals surface area contributed by atoms with Crippen LogP contribution in [0.25, 0.3) is 16.6 Å². The lowest BCUT2D eigenvalue weighted by Gasteiger charge is -2.35. The number of aromatic nitrogens is 3. The number of phenols is 1. The van der Waals surface area contributed by atoms with Crippen molar-refractivity contribution >= 4 is 22.6 Å². The van der Waals surface area contributed by atoms with Crippen LogP contribution in [0.5, 0.6) is 5.75 Å². The summed E-state index contributed by atoms with van der Waals surface area (Å²) >= 11 is 0. The number of rotatable bonds is 3. The predicted molar refractivity (Wildman–Crippen MR) is 115 cm³/mol. The molecule has 0 spiro atoms. The lowest BCUT2D eigenvalue weighted by molar-refractivity contribution is -0.142. The van der Waals surface area contributed by atoms with E-state index in [9.17, 15) is 37.5 Å². The lowest BCUT2D eigenvalue weighted by Crippen LogP contribution is -2.48. The van der Waals surface area contributed by atoms with Gasteiger partial charge in [-0.15, -0.1) is 0 Å². The molecule has 9 nitrogen and oxygen atoms in total. The maximum Gasteiger partial charge on any atom is 0.431 e. The molecular formula is C22H16F4N6O3. The van der Waals surface area contributed by atoms with Crippen LogP contribution in [0.3, 0.4) is 0 Å². The molecule has 13 heteroatoms. The minimum Gasteiger partial charge on any atom is -0.506 e. The second-order valence-electron chi connectivity index (χ2n) is 7.54. The zero-order valence-electron chi connectivity index (χ0n) is 17.9. The van der Waals surface area contributed by atoms with Crippen molar-refractivity contribution in [3.8, 4) is 17.5 Å². The summed E-state index contributed by atoms with van der Waals surface area (Å²) in [6.45, 7) is 4.11. The van der Waals surface area contributed by atoms with Gasteiger partial charge in [-0.1, -0.05) is 12.6 Å². The number of aromatic hydroxyl groups is 1. The summed E-state index contributed by atoms with van der Waals surface area (Å²) < 4.78 is 56.7. The zero-order valence-corrected chi connectivity index (χ0v) is 17.9. The Hall–Kier alpha value is -4.47. The molecule has 3 aromatic rings. The standard InChI is InChI=1S/C22H16F4N6O3/c1-2-17(34)30-6-8-31(9-7-30)20-12-10-15(22(24,25)26)32(19-13(23)4-3-5-14(19)33)21(35)18(12)28-16(11-27)29-20/h2-5,10,33H,1,6-9H2. The highest BCUT2D eigenvalue weighted by atomic mass is 19.4. The molecular weight excluding hydrogens is 472 g/mol. The number of hydrogen-bond donors (Lipinski definition) is 1. The predicted octanol–water partition coefficient (Wildman–Crippen LogP) is 2.35. The van der Waals surface area contributed by atoms with E-state index in [2.05, 4.69) is 16.5 Å². The van der Waals surface area contributed by atoms with Crippen LogP contribution in [0.2, 0.25) is 0 Å². The van der Waals surface area contributed by atoms with Gasteiger partial charge in [-0.25, -0.2) is 14.4 Å². The van der Waals surface area contributed by atoms with Crippen LogP contribution in [-0.2, 0) is 11.0 Å². The summed E-state index contributed by atoms with van der Waals surface area (Å²) in [6, 6.07) is 5.05. The number of nitrogens with zero attached hydrogens (tertiary/aromatic N) is 6. The molecule has 180 valence electrons. The van der Waals surface area contributed by atoms with E-state index >= 15 is 0 Å². The third kappa shape index (κ3) is 4.14. The number of carbonyl (C=O) groups is 1. The number of alkyl halides is 3. The van der Waals surface area contributed by atoms with Gasteiger partial charge < -0.3 is 14.9 Å². The molecule has 0 radical (unpaired) electrons. The summed E-state index contributed by atoms with van der Waals surface area (Å²) in [7, 11) is 0. The molecule has 1 N–H and O–H groups in total. The van der Waals surface area contributed by atoms with Crippen molar-refractivity contribution in [3.05, 3.63) is 64.6 Å². The third-order valence-electron chi connectivity index (χ3n) is 5.50. The Morgan fingerprint density at radius 2 is 1.89 bits per heavy atom. The fraction of sp³-hybridized carbons (Fsp3) is 0.227.